The van der Waals surface area contributed by atoms with Gasteiger partial charge in [-0.25, -0.2) is 4.98 Å². The summed E-state index contributed by atoms with van der Waals surface area (Å²) in [6, 6.07) is 0. The molecule has 0 aliphatic carbocycles. The molecule has 0 unspecified atom stereocenters. The molecule has 4 heteroatoms. The lowest BCUT2D eigenvalue weighted by atomic mass is 10.5. The van der Waals surface area contributed by atoms with Gasteiger partial charge in [0.05, 0.1) is 18.1 Å². The van der Waals surface area contributed by atoms with E-state index in [0.717, 1.165) is 5.69 Å². The molecule has 0 radical (unpaired) electrons. The minimum Gasteiger partial charge on any atom is -0.389 e. The molecule has 1 aromatic heterocycles. The van der Waals surface area contributed by atoms with Gasteiger partial charge in [0.1, 0.15) is 0 Å². The van der Waals surface area contributed by atoms with Gasteiger partial charge in [0.15, 0.2) is 0 Å². The van der Waals surface area contributed by atoms with Gasteiger partial charge in [-0.15, -0.1) is 0 Å². The third kappa shape index (κ3) is 1.36. The maximum Gasteiger partial charge on any atom is 0.255 e. The molecule has 48 valence electrons. The van der Waals surface area contributed by atoms with Crippen LogP contribution in [0.2, 0.25) is 0 Å². The van der Waals surface area contributed by atoms with Crippen molar-refractivity contribution in [2.24, 2.45) is 5.90 Å². The largest absolute Gasteiger partial charge is 0.389 e. The Morgan fingerprint density at radius 1 is 1.44 bits per heavy atom. The predicted octanol–water partition coefficient (Wildman–Crippen LogP) is 0.0375. The molecule has 1 rings (SSSR count). The summed E-state index contributed by atoms with van der Waals surface area (Å²) < 4.78 is 0. The van der Waals surface area contributed by atoms with E-state index in [-0.39, 0.29) is 0 Å². The maximum atomic E-state index is 4.80. The third-order valence-electron chi connectivity index (χ3n) is 0.878. The fourth-order valence-corrected chi connectivity index (χ4v) is 0.442. The average molecular weight is 125 g/mol. The van der Waals surface area contributed by atoms with Crippen molar-refractivity contribution < 1.29 is 4.84 Å². The molecule has 0 amide bonds. The Labute approximate surface area is 52.6 Å². The zero-order valence-corrected chi connectivity index (χ0v) is 5.03. The van der Waals surface area contributed by atoms with E-state index in [1.54, 1.807) is 6.20 Å². The molecule has 0 saturated heterocycles. The van der Waals surface area contributed by atoms with Gasteiger partial charge in [-0.05, 0) is 6.92 Å². The number of aryl methyl sites for hydroxylation is 1. The van der Waals surface area contributed by atoms with E-state index < -0.39 is 0 Å². The van der Waals surface area contributed by atoms with Crippen LogP contribution in [0.4, 0.5) is 0 Å². The van der Waals surface area contributed by atoms with E-state index in [4.69, 9.17) is 5.90 Å². The smallest absolute Gasteiger partial charge is 0.255 e. The van der Waals surface area contributed by atoms with Gasteiger partial charge in [-0.1, -0.05) is 0 Å². The van der Waals surface area contributed by atoms with Crippen LogP contribution in [0.5, 0.6) is 5.88 Å². The van der Waals surface area contributed by atoms with Crippen LogP contribution in [0.1, 0.15) is 5.69 Å². The summed E-state index contributed by atoms with van der Waals surface area (Å²) in [6.07, 6.45) is 3.05. The van der Waals surface area contributed by atoms with Gasteiger partial charge in [0, 0.05) is 0 Å². The van der Waals surface area contributed by atoms with Crippen molar-refractivity contribution in [2.75, 3.05) is 0 Å². The van der Waals surface area contributed by atoms with Gasteiger partial charge in [0.2, 0.25) is 0 Å². The van der Waals surface area contributed by atoms with Gasteiger partial charge in [0.25, 0.3) is 5.88 Å². The molecule has 0 bridgehead atoms. The minimum absolute atomic E-state index is 0.334. The molecule has 1 aromatic rings. The van der Waals surface area contributed by atoms with E-state index in [1.807, 2.05) is 6.92 Å². The average Bonchev–Trinajstić information content (AvgIpc) is 1.90. The molecule has 2 N–H and O–H groups in total. The zero-order chi connectivity index (χ0) is 6.69. The SMILES string of the molecule is Cc1cnc(ON)cn1. The summed E-state index contributed by atoms with van der Waals surface area (Å²) in [6.45, 7) is 1.84. The minimum atomic E-state index is 0.334. The van der Waals surface area contributed by atoms with E-state index in [1.165, 1.54) is 6.20 Å². The maximum absolute atomic E-state index is 4.80. The van der Waals surface area contributed by atoms with E-state index in [0.29, 0.717) is 5.88 Å². The molecule has 0 spiro atoms. The first-order chi connectivity index (χ1) is 4.33. The Kier molecular flexibility index (Phi) is 1.60. The summed E-state index contributed by atoms with van der Waals surface area (Å²) in [4.78, 5) is 12.0. The first-order valence-electron chi connectivity index (χ1n) is 2.48. The van der Waals surface area contributed by atoms with Crippen molar-refractivity contribution in [3.8, 4) is 5.88 Å². The highest BCUT2D eigenvalue weighted by Gasteiger charge is 1.89. The van der Waals surface area contributed by atoms with Crippen LogP contribution in [-0.2, 0) is 0 Å². The molecule has 0 aromatic carbocycles. The number of nitrogens with two attached hydrogens (primary N) is 1. The summed E-state index contributed by atoms with van der Waals surface area (Å²) in [7, 11) is 0. The molecular weight excluding hydrogens is 118 g/mol. The molecule has 1 heterocycles. The number of hydrogen-bond acceptors (Lipinski definition) is 4. The first kappa shape index (κ1) is 5.97. The Morgan fingerprint density at radius 2 is 2.22 bits per heavy atom. The van der Waals surface area contributed by atoms with E-state index >= 15 is 0 Å². The molecule has 0 atom stereocenters. The summed E-state index contributed by atoms with van der Waals surface area (Å²) in [5.74, 6) is 5.13. The van der Waals surface area contributed by atoms with Gasteiger partial charge >= 0.3 is 0 Å². The van der Waals surface area contributed by atoms with E-state index in [9.17, 15) is 0 Å². The number of rotatable bonds is 1. The zero-order valence-electron chi connectivity index (χ0n) is 5.03. The standard InChI is InChI=1S/C5H7N3O/c1-4-2-8-5(9-6)3-7-4/h2-3H,6H2,1H3. The molecular formula is C5H7N3O. The van der Waals surface area contributed by atoms with Crippen LogP contribution < -0.4 is 10.7 Å². The molecule has 9 heavy (non-hydrogen) atoms. The number of aromatic nitrogens is 2. The quantitative estimate of drug-likeness (QED) is 0.538. The normalized spacial score (nSPS) is 9.11. The monoisotopic (exact) mass is 125 g/mol. The van der Waals surface area contributed by atoms with Crippen LogP contribution in [0.25, 0.3) is 0 Å². The lowest BCUT2D eigenvalue weighted by Crippen LogP contribution is -2.03. The van der Waals surface area contributed by atoms with Gasteiger partial charge in [-0.2, -0.15) is 5.90 Å². The topological polar surface area (TPSA) is 61.0 Å². The fraction of sp³-hybridized carbons (Fsp3) is 0.200. The van der Waals surface area contributed by atoms with Crippen molar-refractivity contribution in [1.82, 2.24) is 9.97 Å². The van der Waals surface area contributed by atoms with Gasteiger partial charge in [-0.3, -0.25) is 4.98 Å². The Hall–Kier alpha value is -1.16. The lowest BCUT2D eigenvalue weighted by Gasteiger charge is -1.93. The Morgan fingerprint density at radius 3 is 2.67 bits per heavy atom. The third-order valence-corrected chi connectivity index (χ3v) is 0.878. The van der Waals surface area contributed by atoms with Crippen molar-refractivity contribution in [3.05, 3.63) is 18.1 Å². The van der Waals surface area contributed by atoms with Crippen LogP contribution in [0.3, 0.4) is 0 Å². The van der Waals surface area contributed by atoms with Crippen LogP contribution in [-0.4, -0.2) is 9.97 Å². The summed E-state index contributed by atoms with van der Waals surface area (Å²) in [5.41, 5.74) is 0.843. The highest BCUT2D eigenvalue weighted by Crippen LogP contribution is 1.99. The van der Waals surface area contributed by atoms with Gasteiger partial charge < -0.3 is 4.84 Å². The summed E-state index contributed by atoms with van der Waals surface area (Å²) >= 11 is 0. The second kappa shape index (κ2) is 2.41. The molecule has 0 fully saturated rings. The molecule has 0 aliphatic rings. The van der Waals surface area contributed by atoms with Crippen molar-refractivity contribution in [2.45, 2.75) is 6.92 Å². The Balaban J connectivity index is 2.88. The molecule has 0 saturated carbocycles. The summed E-state index contributed by atoms with van der Waals surface area (Å²) in [5, 5.41) is 0. The highest BCUT2D eigenvalue weighted by atomic mass is 16.6. The second-order valence-electron chi connectivity index (χ2n) is 1.61. The first-order valence-corrected chi connectivity index (χ1v) is 2.48. The van der Waals surface area contributed by atoms with Crippen molar-refractivity contribution >= 4 is 0 Å². The van der Waals surface area contributed by atoms with Crippen LogP contribution in [0.15, 0.2) is 12.4 Å². The van der Waals surface area contributed by atoms with Crippen molar-refractivity contribution in [3.63, 3.8) is 0 Å². The number of nitrogens with zero attached hydrogens (tertiary/aromatic N) is 2. The lowest BCUT2D eigenvalue weighted by molar-refractivity contribution is 0.319. The van der Waals surface area contributed by atoms with E-state index in [2.05, 4.69) is 14.8 Å². The Bertz CT molecular complexity index is 184. The molecule has 0 aliphatic heterocycles. The second-order valence-corrected chi connectivity index (χ2v) is 1.61. The van der Waals surface area contributed by atoms with Crippen molar-refractivity contribution in [1.29, 1.82) is 0 Å². The molecule has 4 nitrogen and oxygen atoms in total. The van der Waals surface area contributed by atoms with Crippen LogP contribution >= 0.6 is 0 Å². The highest BCUT2D eigenvalue weighted by molar-refractivity contribution is 5.04. The predicted molar refractivity (Wildman–Crippen MR) is 31.6 cm³/mol. The fourth-order valence-electron chi connectivity index (χ4n) is 0.442. The van der Waals surface area contributed by atoms with Crippen LogP contribution in [0, 0.1) is 6.92 Å². The number of hydrogen-bond donors (Lipinski definition) is 1.